The van der Waals surface area contributed by atoms with Crippen LogP contribution in [0.5, 0.6) is 5.75 Å². The number of aliphatic hydroxyl groups excluding tert-OH is 1. The van der Waals surface area contributed by atoms with Gasteiger partial charge in [0.2, 0.25) is 5.91 Å². The highest BCUT2D eigenvalue weighted by Crippen LogP contribution is 2.47. The summed E-state index contributed by atoms with van der Waals surface area (Å²) < 4.78 is 26.1. The molecule has 36 heavy (non-hydrogen) atoms. The first-order valence-electron chi connectivity index (χ1n) is 12.3. The van der Waals surface area contributed by atoms with E-state index in [2.05, 4.69) is 15.5 Å². The summed E-state index contributed by atoms with van der Waals surface area (Å²) in [5, 5.41) is 15.2. The fourth-order valence-corrected chi connectivity index (χ4v) is 5.19. The van der Waals surface area contributed by atoms with Gasteiger partial charge >= 0.3 is 6.03 Å². The summed E-state index contributed by atoms with van der Waals surface area (Å²) in [7, 11) is 2.04. The summed E-state index contributed by atoms with van der Waals surface area (Å²) >= 11 is 0. The first-order valence-corrected chi connectivity index (χ1v) is 12.3. The van der Waals surface area contributed by atoms with Gasteiger partial charge in [0.1, 0.15) is 23.8 Å². The van der Waals surface area contributed by atoms with Crippen molar-refractivity contribution in [3.05, 3.63) is 53.8 Å². The lowest BCUT2D eigenvalue weighted by atomic mass is 9.84. The second-order valence-electron chi connectivity index (χ2n) is 9.60. The van der Waals surface area contributed by atoms with Crippen LogP contribution in [0.1, 0.15) is 24.3 Å². The number of anilines is 2. The van der Waals surface area contributed by atoms with Crippen molar-refractivity contribution in [2.45, 2.75) is 37.1 Å². The Hall–Kier alpha value is -3.21. The summed E-state index contributed by atoms with van der Waals surface area (Å²) in [5.74, 6) is 0.112. The Morgan fingerprint density at radius 1 is 1.11 bits per heavy atom. The fourth-order valence-electron chi connectivity index (χ4n) is 5.19. The summed E-state index contributed by atoms with van der Waals surface area (Å²) in [6.45, 7) is 2.89. The third-order valence-corrected chi connectivity index (χ3v) is 7.14. The number of rotatable bonds is 5. The second-order valence-corrected chi connectivity index (χ2v) is 9.60. The number of urea groups is 1. The summed E-state index contributed by atoms with van der Waals surface area (Å²) in [6, 6.07) is 10.7. The van der Waals surface area contributed by atoms with Crippen molar-refractivity contribution in [1.82, 2.24) is 9.80 Å². The zero-order valence-electron chi connectivity index (χ0n) is 20.2. The van der Waals surface area contributed by atoms with Crippen LogP contribution in [0.25, 0.3) is 0 Å². The molecule has 3 heterocycles. The molecule has 9 nitrogen and oxygen atoms in total. The van der Waals surface area contributed by atoms with Crippen LogP contribution in [-0.4, -0.2) is 85.0 Å². The molecule has 5 rings (SSSR count). The number of carbonyl (C=O) groups excluding carboxylic acids is 2. The normalized spacial score (nSPS) is 25.5. The van der Waals surface area contributed by atoms with E-state index in [1.54, 1.807) is 24.3 Å². The lowest BCUT2D eigenvalue weighted by molar-refractivity contribution is -0.150. The van der Waals surface area contributed by atoms with E-state index in [0.29, 0.717) is 30.9 Å². The zero-order valence-corrected chi connectivity index (χ0v) is 20.2. The van der Waals surface area contributed by atoms with E-state index < -0.39 is 18.0 Å². The molecule has 2 aromatic rings. The standard InChI is InChI=1S/C26H31FN4O5/c1-30-8-10-31(11-9-30)24(33)14-17-13-19-18-12-16(6-7-22(18)36-25(19)23(15-32)35-17)28-26(34)29-21-5-3-2-4-20(21)27/h2-7,12,17,19,23,25,32H,8-11,13-15H2,1H3,(H2,28,29,34)/t17-,19+,23-,25-/m1/s1. The molecule has 0 aliphatic carbocycles. The number of piperazine rings is 1. The number of hydrogen-bond acceptors (Lipinski definition) is 6. The second kappa shape index (κ2) is 10.4. The lowest BCUT2D eigenvalue weighted by Crippen LogP contribution is -2.50. The Balaban J connectivity index is 1.27. The van der Waals surface area contributed by atoms with Crippen LogP contribution in [0, 0.1) is 5.82 Å². The van der Waals surface area contributed by atoms with Crippen molar-refractivity contribution >= 4 is 23.3 Å². The smallest absolute Gasteiger partial charge is 0.323 e. The van der Waals surface area contributed by atoms with Gasteiger partial charge in [0.05, 0.1) is 24.8 Å². The maximum Gasteiger partial charge on any atom is 0.323 e. The molecular weight excluding hydrogens is 467 g/mol. The van der Waals surface area contributed by atoms with Gasteiger partial charge in [-0.05, 0) is 43.8 Å². The monoisotopic (exact) mass is 498 g/mol. The number of carbonyl (C=O) groups is 2. The van der Waals surface area contributed by atoms with E-state index in [1.807, 2.05) is 18.0 Å². The molecule has 0 spiro atoms. The number of aliphatic hydroxyl groups is 1. The zero-order chi connectivity index (χ0) is 25.2. The van der Waals surface area contributed by atoms with Gasteiger partial charge in [-0.2, -0.15) is 0 Å². The van der Waals surface area contributed by atoms with Crippen LogP contribution in [-0.2, 0) is 9.53 Å². The van der Waals surface area contributed by atoms with Crippen LogP contribution in [0.3, 0.4) is 0 Å². The van der Waals surface area contributed by atoms with Crippen molar-refractivity contribution in [3.8, 4) is 5.75 Å². The third-order valence-electron chi connectivity index (χ3n) is 7.14. The molecule has 10 heteroatoms. The molecule has 3 amide bonds. The van der Waals surface area contributed by atoms with Gasteiger partial charge in [-0.15, -0.1) is 0 Å². The minimum absolute atomic E-state index is 0.0580. The molecule has 4 atom stereocenters. The van der Waals surface area contributed by atoms with E-state index in [4.69, 9.17) is 9.47 Å². The maximum atomic E-state index is 13.9. The summed E-state index contributed by atoms with van der Waals surface area (Å²) in [4.78, 5) is 29.4. The van der Waals surface area contributed by atoms with Crippen LogP contribution in [0.15, 0.2) is 42.5 Å². The Kier molecular flexibility index (Phi) is 7.08. The van der Waals surface area contributed by atoms with Gasteiger partial charge in [0, 0.05) is 43.3 Å². The number of halogens is 1. The van der Waals surface area contributed by atoms with Gasteiger partial charge in [-0.25, -0.2) is 9.18 Å². The highest BCUT2D eigenvalue weighted by atomic mass is 19.1. The van der Waals surface area contributed by atoms with Gasteiger partial charge in [-0.1, -0.05) is 12.1 Å². The number of nitrogens with one attached hydrogen (secondary N) is 2. The minimum atomic E-state index is -0.564. The largest absolute Gasteiger partial charge is 0.487 e. The summed E-state index contributed by atoms with van der Waals surface area (Å²) in [6.07, 6.45) is -0.448. The van der Waals surface area contributed by atoms with Crippen molar-refractivity contribution < 1.29 is 28.6 Å². The van der Waals surface area contributed by atoms with Gasteiger partial charge in [-0.3, -0.25) is 4.79 Å². The summed E-state index contributed by atoms with van der Waals surface area (Å²) in [5.41, 5.74) is 1.51. The minimum Gasteiger partial charge on any atom is -0.487 e. The molecule has 3 aliphatic rings. The van der Waals surface area contributed by atoms with Crippen LogP contribution >= 0.6 is 0 Å². The van der Waals surface area contributed by atoms with E-state index in [1.165, 1.54) is 12.1 Å². The molecule has 0 unspecified atom stereocenters. The van der Waals surface area contributed by atoms with Gasteiger partial charge < -0.3 is 35.0 Å². The average Bonchev–Trinajstić information content (AvgIpc) is 3.23. The Morgan fingerprint density at radius 2 is 1.89 bits per heavy atom. The quantitative estimate of drug-likeness (QED) is 0.586. The first kappa shape index (κ1) is 24.5. The number of hydrogen-bond donors (Lipinski definition) is 3. The van der Waals surface area contributed by atoms with Crippen LogP contribution < -0.4 is 15.4 Å². The van der Waals surface area contributed by atoms with Crippen molar-refractivity contribution in [1.29, 1.82) is 0 Å². The van der Waals surface area contributed by atoms with E-state index in [-0.39, 0.29) is 42.7 Å². The molecule has 0 bridgehead atoms. The SMILES string of the molecule is CN1CCN(C(=O)C[C@H]2C[C@H]3c4cc(NC(=O)Nc5ccccc5F)ccc4O[C@H]3[C@@H](CO)O2)CC1. The number of amides is 3. The predicted octanol–water partition coefficient (Wildman–Crippen LogP) is 2.63. The Bertz CT molecular complexity index is 1120. The third kappa shape index (κ3) is 5.16. The molecular formula is C26H31FN4O5. The molecule has 0 aromatic heterocycles. The van der Waals surface area contributed by atoms with E-state index in [0.717, 1.165) is 18.7 Å². The van der Waals surface area contributed by atoms with Crippen LogP contribution in [0.2, 0.25) is 0 Å². The molecule has 0 saturated carbocycles. The Morgan fingerprint density at radius 3 is 2.64 bits per heavy atom. The highest BCUT2D eigenvalue weighted by Gasteiger charge is 2.46. The first-order chi connectivity index (χ1) is 17.4. The number of likely N-dealkylation sites (N-methyl/N-ethyl adjacent to an activating group) is 1. The van der Waals surface area contributed by atoms with Crippen LogP contribution in [0.4, 0.5) is 20.6 Å². The van der Waals surface area contributed by atoms with Crippen molar-refractivity contribution in [2.24, 2.45) is 0 Å². The molecule has 3 aliphatic heterocycles. The Labute approximate surface area is 209 Å². The van der Waals surface area contributed by atoms with Crippen molar-refractivity contribution in [2.75, 3.05) is 50.5 Å². The van der Waals surface area contributed by atoms with E-state index in [9.17, 15) is 19.1 Å². The number of para-hydroxylation sites is 1. The molecule has 0 radical (unpaired) electrons. The lowest BCUT2D eigenvalue weighted by Gasteiger charge is -2.38. The fraction of sp³-hybridized carbons (Fsp3) is 0.462. The highest BCUT2D eigenvalue weighted by molar-refractivity contribution is 5.99. The van der Waals surface area contributed by atoms with Crippen molar-refractivity contribution in [3.63, 3.8) is 0 Å². The molecule has 192 valence electrons. The molecule has 3 N–H and O–H groups in total. The van der Waals surface area contributed by atoms with Gasteiger partial charge in [0.25, 0.3) is 0 Å². The topological polar surface area (TPSA) is 103 Å². The molecule has 2 fully saturated rings. The maximum absolute atomic E-state index is 13.9. The number of nitrogens with zero attached hydrogens (tertiary/aromatic N) is 2. The number of ether oxygens (including phenoxy) is 2. The van der Waals surface area contributed by atoms with Gasteiger partial charge in [0.15, 0.2) is 0 Å². The predicted molar refractivity (Wildman–Crippen MR) is 132 cm³/mol. The number of fused-ring (bicyclic) bond motifs is 3. The molecule has 2 saturated heterocycles. The number of benzene rings is 2. The molecule has 2 aromatic carbocycles. The average molecular weight is 499 g/mol. The van der Waals surface area contributed by atoms with E-state index >= 15 is 0 Å².